The van der Waals surface area contributed by atoms with Gasteiger partial charge >= 0.3 is 0 Å². The van der Waals surface area contributed by atoms with Crippen molar-refractivity contribution in [3.63, 3.8) is 0 Å². The monoisotopic (exact) mass is 311 g/mol. The summed E-state index contributed by atoms with van der Waals surface area (Å²) in [5.74, 6) is 0.905. The molecular formula is C16H19F2NO3. The van der Waals surface area contributed by atoms with E-state index in [0.29, 0.717) is 24.6 Å². The van der Waals surface area contributed by atoms with Crippen LogP contribution in [0.25, 0.3) is 0 Å². The lowest BCUT2D eigenvalue weighted by Gasteiger charge is -2.21. The summed E-state index contributed by atoms with van der Waals surface area (Å²) in [6.45, 7) is 1.92. The van der Waals surface area contributed by atoms with Gasteiger partial charge < -0.3 is 19.6 Å². The predicted octanol–water partition coefficient (Wildman–Crippen LogP) is 2.92. The maximum atomic E-state index is 12.0. The van der Waals surface area contributed by atoms with Crippen molar-refractivity contribution < 1.29 is 23.0 Å². The Hall–Kier alpha value is -1.92. The fourth-order valence-electron chi connectivity index (χ4n) is 1.99. The summed E-state index contributed by atoms with van der Waals surface area (Å²) in [4.78, 5) is 0. The average molecular weight is 311 g/mol. The summed E-state index contributed by atoms with van der Waals surface area (Å²) in [6, 6.07) is 10.3. The second-order valence-corrected chi connectivity index (χ2v) is 5.20. The Balaban J connectivity index is 1.79. The van der Waals surface area contributed by atoms with Crippen LogP contribution in [-0.4, -0.2) is 24.7 Å². The smallest absolute Gasteiger partial charge is 0.272 e. The first kappa shape index (κ1) is 16.5. The molecule has 0 fully saturated rings. The van der Waals surface area contributed by atoms with Crippen LogP contribution in [0.2, 0.25) is 0 Å². The average Bonchev–Trinajstić information content (AvgIpc) is 3.01. The van der Waals surface area contributed by atoms with Crippen molar-refractivity contribution in [2.45, 2.75) is 25.5 Å². The molecule has 0 bridgehead atoms. The van der Waals surface area contributed by atoms with Gasteiger partial charge in [-0.1, -0.05) is 12.1 Å². The van der Waals surface area contributed by atoms with Crippen LogP contribution in [0.4, 0.5) is 8.78 Å². The molecule has 0 aliphatic carbocycles. The topological polar surface area (TPSA) is 54.6 Å². The van der Waals surface area contributed by atoms with E-state index in [1.54, 1.807) is 43.3 Å². The number of aliphatic hydroxyl groups is 1. The fourth-order valence-corrected chi connectivity index (χ4v) is 1.99. The van der Waals surface area contributed by atoms with E-state index in [4.69, 9.17) is 9.15 Å². The summed E-state index contributed by atoms with van der Waals surface area (Å²) in [6.07, 6.45) is -0.966. The SMILES string of the molecule is CC(O)(CNCc1ccc(OCC(F)F)cc1)c1ccco1. The van der Waals surface area contributed by atoms with Crippen LogP contribution in [0.3, 0.4) is 0 Å². The maximum Gasteiger partial charge on any atom is 0.272 e. The Morgan fingerprint density at radius 2 is 2.00 bits per heavy atom. The molecule has 0 saturated carbocycles. The van der Waals surface area contributed by atoms with Gasteiger partial charge in [0, 0.05) is 13.1 Å². The molecule has 1 aromatic carbocycles. The summed E-state index contributed by atoms with van der Waals surface area (Å²) in [5, 5.41) is 13.4. The fraction of sp³-hybridized carbons (Fsp3) is 0.375. The minimum atomic E-state index is -2.48. The van der Waals surface area contributed by atoms with Crippen LogP contribution in [0, 0.1) is 0 Å². The quantitative estimate of drug-likeness (QED) is 0.787. The second kappa shape index (κ2) is 7.38. The molecule has 6 heteroatoms. The molecule has 1 aromatic heterocycles. The number of alkyl halides is 2. The third-order valence-corrected chi connectivity index (χ3v) is 3.15. The largest absolute Gasteiger partial charge is 0.488 e. The molecule has 4 nitrogen and oxygen atoms in total. The lowest BCUT2D eigenvalue weighted by Crippen LogP contribution is -2.34. The van der Waals surface area contributed by atoms with Crippen LogP contribution in [0.5, 0.6) is 5.75 Å². The molecule has 0 radical (unpaired) electrons. The van der Waals surface area contributed by atoms with Gasteiger partial charge in [0.15, 0.2) is 0 Å². The molecule has 1 atom stereocenters. The van der Waals surface area contributed by atoms with Crippen LogP contribution in [0.15, 0.2) is 47.1 Å². The van der Waals surface area contributed by atoms with Crippen LogP contribution < -0.4 is 10.1 Å². The second-order valence-electron chi connectivity index (χ2n) is 5.20. The summed E-state index contributed by atoms with van der Waals surface area (Å²) in [5.41, 5.74) is -0.135. The molecule has 120 valence electrons. The van der Waals surface area contributed by atoms with Gasteiger partial charge in [-0.2, -0.15) is 0 Å². The lowest BCUT2D eigenvalue weighted by molar-refractivity contribution is 0.0340. The van der Waals surface area contributed by atoms with Gasteiger partial charge in [-0.15, -0.1) is 0 Å². The number of furan rings is 1. The highest BCUT2D eigenvalue weighted by molar-refractivity contribution is 5.27. The number of rotatable bonds is 8. The van der Waals surface area contributed by atoms with Gasteiger partial charge in [0.1, 0.15) is 23.7 Å². The minimum absolute atomic E-state index is 0.324. The molecular weight excluding hydrogens is 292 g/mol. The van der Waals surface area contributed by atoms with Gasteiger partial charge in [0.2, 0.25) is 0 Å². The maximum absolute atomic E-state index is 12.0. The Bertz CT molecular complexity index is 553. The molecule has 1 unspecified atom stereocenters. The molecule has 2 aromatic rings. The molecule has 0 aliphatic rings. The van der Waals surface area contributed by atoms with E-state index >= 15 is 0 Å². The normalized spacial score (nSPS) is 14.0. The van der Waals surface area contributed by atoms with E-state index < -0.39 is 18.6 Å². The first-order valence-corrected chi connectivity index (χ1v) is 6.94. The van der Waals surface area contributed by atoms with E-state index in [9.17, 15) is 13.9 Å². The highest BCUT2D eigenvalue weighted by Crippen LogP contribution is 2.20. The summed E-state index contributed by atoms with van der Waals surface area (Å²) in [7, 11) is 0. The van der Waals surface area contributed by atoms with Crippen molar-refractivity contribution in [3.05, 3.63) is 54.0 Å². The van der Waals surface area contributed by atoms with Crippen LogP contribution in [-0.2, 0) is 12.1 Å². The van der Waals surface area contributed by atoms with Gasteiger partial charge in [-0.05, 0) is 36.8 Å². The zero-order chi connectivity index (χ0) is 16.0. The van der Waals surface area contributed by atoms with E-state index in [-0.39, 0.29) is 0 Å². The molecule has 0 spiro atoms. The standard InChI is InChI=1S/C16H19F2NO3/c1-16(20,14-3-2-8-21-14)11-19-9-12-4-6-13(7-5-12)22-10-15(17)18/h2-8,15,19-20H,9-11H2,1H3. The summed E-state index contributed by atoms with van der Waals surface area (Å²) < 4.78 is 34.2. The molecule has 0 amide bonds. The minimum Gasteiger partial charge on any atom is -0.488 e. The number of nitrogens with one attached hydrogen (secondary N) is 1. The van der Waals surface area contributed by atoms with E-state index in [1.165, 1.54) is 6.26 Å². The Morgan fingerprint density at radius 1 is 1.27 bits per heavy atom. The van der Waals surface area contributed by atoms with E-state index in [1.807, 2.05) is 0 Å². The van der Waals surface area contributed by atoms with Crippen molar-refractivity contribution in [1.29, 1.82) is 0 Å². The third kappa shape index (κ3) is 4.82. The van der Waals surface area contributed by atoms with E-state index in [0.717, 1.165) is 5.56 Å². The van der Waals surface area contributed by atoms with Crippen LogP contribution >= 0.6 is 0 Å². The molecule has 1 heterocycles. The number of halogens is 2. The van der Waals surface area contributed by atoms with Crippen molar-refractivity contribution in [3.8, 4) is 5.75 Å². The number of hydrogen-bond donors (Lipinski definition) is 2. The van der Waals surface area contributed by atoms with Crippen molar-refractivity contribution >= 4 is 0 Å². The molecule has 2 rings (SSSR count). The zero-order valence-corrected chi connectivity index (χ0v) is 12.3. The lowest BCUT2D eigenvalue weighted by atomic mass is 10.0. The predicted molar refractivity (Wildman–Crippen MR) is 77.9 cm³/mol. The highest BCUT2D eigenvalue weighted by Gasteiger charge is 2.25. The van der Waals surface area contributed by atoms with Crippen LogP contribution in [0.1, 0.15) is 18.2 Å². The van der Waals surface area contributed by atoms with Gasteiger partial charge in [-0.3, -0.25) is 0 Å². The van der Waals surface area contributed by atoms with Gasteiger partial charge in [0.25, 0.3) is 6.43 Å². The first-order valence-electron chi connectivity index (χ1n) is 6.94. The number of hydrogen-bond acceptors (Lipinski definition) is 4. The third-order valence-electron chi connectivity index (χ3n) is 3.15. The Morgan fingerprint density at radius 3 is 2.59 bits per heavy atom. The molecule has 0 aliphatic heterocycles. The molecule has 2 N–H and O–H groups in total. The van der Waals surface area contributed by atoms with Crippen molar-refractivity contribution in [2.75, 3.05) is 13.2 Å². The number of ether oxygens (including phenoxy) is 1. The number of benzene rings is 1. The van der Waals surface area contributed by atoms with Crippen molar-refractivity contribution in [2.24, 2.45) is 0 Å². The molecule has 22 heavy (non-hydrogen) atoms. The first-order chi connectivity index (χ1) is 10.5. The van der Waals surface area contributed by atoms with Gasteiger partial charge in [-0.25, -0.2) is 8.78 Å². The van der Waals surface area contributed by atoms with Gasteiger partial charge in [0.05, 0.1) is 6.26 Å². The van der Waals surface area contributed by atoms with Crippen molar-refractivity contribution in [1.82, 2.24) is 5.32 Å². The van der Waals surface area contributed by atoms with E-state index in [2.05, 4.69) is 5.32 Å². The highest BCUT2D eigenvalue weighted by atomic mass is 19.3. The summed E-state index contributed by atoms with van der Waals surface area (Å²) >= 11 is 0. The molecule has 0 saturated heterocycles. The Kier molecular flexibility index (Phi) is 5.51. The zero-order valence-electron chi connectivity index (χ0n) is 12.3. The Labute approximate surface area is 127 Å².